The minimum absolute atomic E-state index is 0.433. The second kappa shape index (κ2) is 6.01. The van der Waals surface area contributed by atoms with Crippen LogP contribution in [-0.2, 0) is 0 Å². The molecule has 4 rings (SSSR count). The zero-order valence-corrected chi connectivity index (χ0v) is 13.3. The molecule has 2 aromatic heterocycles. The lowest BCUT2D eigenvalue weighted by molar-refractivity contribution is 0.478. The van der Waals surface area contributed by atoms with Crippen LogP contribution in [0.3, 0.4) is 0 Å². The Morgan fingerprint density at radius 3 is 2.87 bits per heavy atom. The van der Waals surface area contributed by atoms with E-state index in [4.69, 9.17) is 4.98 Å². The van der Waals surface area contributed by atoms with Gasteiger partial charge in [0.05, 0.1) is 11.4 Å². The fourth-order valence-corrected chi connectivity index (χ4v) is 3.13. The molecule has 5 heteroatoms. The number of hydrogen-bond acceptors (Lipinski definition) is 4. The quantitative estimate of drug-likeness (QED) is 0.781. The van der Waals surface area contributed by atoms with E-state index >= 15 is 0 Å². The third kappa shape index (κ3) is 2.92. The Morgan fingerprint density at radius 2 is 2.09 bits per heavy atom. The van der Waals surface area contributed by atoms with Gasteiger partial charge in [0, 0.05) is 30.3 Å². The van der Waals surface area contributed by atoms with Gasteiger partial charge in [-0.25, -0.2) is 4.98 Å². The van der Waals surface area contributed by atoms with Crippen molar-refractivity contribution < 1.29 is 0 Å². The topological polar surface area (TPSA) is 54.2 Å². The molecule has 0 unspecified atom stereocenters. The summed E-state index contributed by atoms with van der Waals surface area (Å²) in [7, 11) is 0. The summed E-state index contributed by atoms with van der Waals surface area (Å²) in [6, 6.07) is 14.9. The highest BCUT2D eigenvalue weighted by atomic mass is 15.3. The van der Waals surface area contributed by atoms with E-state index in [0.29, 0.717) is 6.04 Å². The van der Waals surface area contributed by atoms with Crippen molar-refractivity contribution in [3.63, 3.8) is 0 Å². The van der Waals surface area contributed by atoms with Crippen LogP contribution < -0.4 is 10.6 Å². The van der Waals surface area contributed by atoms with E-state index in [1.165, 1.54) is 12.8 Å². The van der Waals surface area contributed by atoms with Gasteiger partial charge in [-0.15, -0.1) is 0 Å². The van der Waals surface area contributed by atoms with Gasteiger partial charge in [0.15, 0.2) is 5.65 Å². The molecule has 118 valence electrons. The molecule has 0 spiro atoms. The molecule has 2 N–H and O–H groups in total. The SMILES string of the molecule is Cc1cc2nc(-c3ccccc3)cc(N[C@@H]3CCCNC3)n2n1. The molecule has 3 aromatic rings. The summed E-state index contributed by atoms with van der Waals surface area (Å²) in [5.41, 5.74) is 3.96. The van der Waals surface area contributed by atoms with Crippen LogP contribution in [0.25, 0.3) is 16.9 Å². The first-order valence-corrected chi connectivity index (χ1v) is 8.20. The maximum atomic E-state index is 4.76. The van der Waals surface area contributed by atoms with Crippen LogP contribution in [0.4, 0.5) is 5.82 Å². The molecule has 3 heterocycles. The average molecular weight is 307 g/mol. The Balaban J connectivity index is 1.77. The van der Waals surface area contributed by atoms with Crippen molar-refractivity contribution in [2.24, 2.45) is 0 Å². The van der Waals surface area contributed by atoms with Crippen LogP contribution in [0.5, 0.6) is 0 Å². The maximum Gasteiger partial charge on any atom is 0.158 e. The largest absolute Gasteiger partial charge is 0.366 e. The van der Waals surface area contributed by atoms with E-state index in [0.717, 1.165) is 41.5 Å². The number of rotatable bonds is 3. The van der Waals surface area contributed by atoms with Gasteiger partial charge < -0.3 is 10.6 Å². The van der Waals surface area contributed by atoms with Crippen molar-refractivity contribution >= 4 is 11.5 Å². The lowest BCUT2D eigenvalue weighted by atomic mass is 10.1. The molecule has 1 aliphatic heterocycles. The van der Waals surface area contributed by atoms with Crippen molar-refractivity contribution in [2.75, 3.05) is 18.4 Å². The van der Waals surface area contributed by atoms with E-state index in [2.05, 4.69) is 33.9 Å². The maximum absolute atomic E-state index is 4.76. The number of aromatic nitrogens is 3. The number of nitrogens with zero attached hydrogens (tertiary/aromatic N) is 3. The van der Waals surface area contributed by atoms with Gasteiger partial charge in [0.2, 0.25) is 0 Å². The number of nitrogens with one attached hydrogen (secondary N) is 2. The number of aryl methyl sites for hydroxylation is 1. The molecule has 5 nitrogen and oxygen atoms in total. The zero-order valence-electron chi connectivity index (χ0n) is 13.3. The van der Waals surface area contributed by atoms with Gasteiger partial charge in [-0.1, -0.05) is 30.3 Å². The van der Waals surface area contributed by atoms with Crippen molar-refractivity contribution in [1.82, 2.24) is 19.9 Å². The first-order valence-electron chi connectivity index (χ1n) is 8.20. The molecule has 23 heavy (non-hydrogen) atoms. The van der Waals surface area contributed by atoms with Crippen LogP contribution >= 0.6 is 0 Å². The second-order valence-corrected chi connectivity index (χ2v) is 6.14. The lowest BCUT2D eigenvalue weighted by Crippen LogP contribution is -2.38. The molecule has 0 saturated carbocycles. The Labute approximate surface area is 135 Å². The summed E-state index contributed by atoms with van der Waals surface area (Å²) in [5, 5.41) is 11.7. The van der Waals surface area contributed by atoms with E-state index in [1.54, 1.807) is 0 Å². The summed E-state index contributed by atoms with van der Waals surface area (Å²) in [5.74, 6) is 1.01. The summed E-state index contributed by atoms with van der Waals surface area (Å²) >= 11 is 0. The van der Waals surface area contributed by atoms with Gasteiger partial charge in [0.1, 0.15) is 5.82 Å². The van der Waals surface area contributed by atoms with E-state index in [-0.39, 0.29) is 0 Å². The highest BCUT2D eigenvalue weighted by molar-refractivity contribution is 5.66. The first kappa shape index (κ1) is 14.2. The second-order valence-electron chi connectivity index (χ2n) is 6.14. The molecule has 1 fully saturated rings. The van der Waals surface area contributed by atoms with Crippen molar-refractivity contribution in [1.29, 1.82) is 0 Å². The third-order valence-corrected chi connectivity index (χ3v) is 4.27. The minimum atomic E-state index is 0.433. The van der Waals surface area contributed by atoms with Gasteiger partial charge >= 0.3 is 0 Å². The summed E-state index contributed by atoms with van der Waals surface area (Å²) < 4.78 is 1.91. The normalized spacial score (nSPS) is 18.2. The van der Waals surface area contributed by atoms with Gasteiger partial charge in [-0.05, 0) is 26.3 Å². The molecule has 0 aliphatic carbocycles. The standard InChI is InChI=1S/C18H21N5/c1-13-10-17-21-16(14-6-3-2-4-7-14)11-18(23(17)22-13)20-15-8-5-9-19-12-15/h2-4,6-7,10-11,15,19-20H,5,8-9,12H2,1H3/t15-/m1/s1. The fraction of sp³-hybridized carbons (Fsp3) is 0.333. The molecule has 1 aliphatic rings. The van der Waals surface area contributed by atoms with Gasteiger partial charge in [-0.3, -0.25) is 0 Å². The Bertz CT molecular complexity index is 803. The Morgan fingerprint density at radius 1 is 1.22 bits per heavy atom. The Kier molecular flexibility index (Phi) is 3.71. The predicted octanol–water partition coefficient (Wildman–Crippen LogP) is 2.87. The first-order chi connectivity index (χ1) is 11.3. The van der Waals surface area contributed by atoms with Crippen LogP contribution in [-0.4, -0.2) is 33.7 Å². The van der Waals surface area contributed by atoms with Gasteiger partial charge in [0.25, 0.3) is 0 Å². The van der Waals surface area contributed by atoms with Gasteiger partial charge in [-0.2, -0.15) is 9.61 Å². The zero-order chi connectivity index (χ0) is 15.6. The molecular weight excluding hydrogens is 286 g/mol. The van der Waals surface area contributed by atoms with E-state index in [1.807, 2.05) is 35.7 Å². The summed E-state index contributed by atoms with van der Waals surface area (Å²) in [6.45, 7) is 4.10. The smallest absolute Gasteiger partial charge is 0.158 e. The number of anilines is 1. The third-order valence-electron chi connectivity index (χ3n) is 4.27. The number of hydrogen-bond donors (Lipinski definition) is 2. The van der Waals surface area contributed by atoms with Crippen LogP contribution in [0.1, 0.15) is 18.5 Å². The van der Waals surface area contributed by atoms with Crippen molar-refractivity contribution in [2.45, 2.75) is 25.8 Å². The number of fused-ring (bicyclic) bond motifs is 1. The van der Waals surface area contributed by atoms with Crippen molar-refractivity contribution in [3.05, 3.63) is 48.2 Å². The number of benzene rings is 1. The molecule has 1 atom stereocenters. The molecule has 0 bridgehead atoms. The molecule has 1 aromatic carbocycles. The summed E-state index contributed by atoms with van der Waals surface area (Å²) in [6.07, 6.45) is 2.38. The van der Waals surface area contributed by atoms with E-state index < -0.39 is 0 Å². The monoisotopic (exact) mass is 307 g/mol. The highest BCUT2D eigenvalue weighted by Gasteiger charge is 2.16. The lowest BCUT2D eigenvalue weighted by Gasteiger charge is -2.25. The Hall–Kier alpha value is -2.40. The van der Waals surface area contributed by atoms with Crippen LogP contribution in [0.2, 0.25) is 0 Å². The molecule has 0 radical (unpaired) electrons. The predicted molar refractivity (Wildman–Crippen MR) is 92.7 cm³/mol. The molecule has 1 saturated heterocycles. The molecular formula is C18H21N5. The average Bonchev–Trinajstić information content (AvgIpc) is 2.97. The van der Waals surface area contributed by atoms with Crippen LogP contribution in [0, 0.1) is 6.92 Å². The van der Waals surface area contributed by atoms with Crippen LogP contribution in [0.15, 0.2) is 42.5 Å². The van der Waals surface area contributed by atoms with E-state index in [9.17, 15) is 0 Å². The molecule has 0 amide bonds. The highest BCUT2D eigenvalue weighted by Crippen LogP contribution is 2.23. The summed E-state index contributed by atoms with van der Waals surface area (Å²) in [4.78, 5) is 4.76. The number of piperidine rings is 1. The fourth-order valence-electron chi connectivity index (χ4n) is 3.13. The van der Waals surface area contributed by atoms with Crippen molar-refractivity contribution in [3.8, 4) is 11.3 Å². The minimum Gasteiger partial charge on any atom is -0.366 e.